The molecular weight excluding hydrogens is 445 g/mol. The number of nitrogens with one attached hydrogen (secondary N) is 1. The number of methoxy groups -OCH3 is 2. The zero-order valence-electron chi connectivity index (χ0n) is 15.5. The summed E-state index contributed by atoms with van der Waals surface area (Å²) in [4.78, 5) is 48.3. The van der Waals surface area contributed by atoms with Crippen LogP contribution in [0.15, 0.2) is 18.2 Å². The van der Waals surface area contributed by atoms with Crippen LogP contribution < -0.4 is 5.32 Å². The van der Waals surface area contributed by atoms with Crippen molar-refractivity contribution in [2.75, 3.05) is 26.1 Å². The fraction of sp³-hybridized carbons (Fsp3) is 0.222. The van der Waals surface area contributed by atoms with E-state index in [2.05, 4.69) is 10.1 Å². The van der Waals surface area contributed by atoms with Crippen molar-refractivity contribution in [3.05, 3.63) is 49.8 Å². The molecule has 8 nitrogen and oxygen atoms in total. The number of thiophene rings is 1. The summed E-state index contributed by atoms with van der Waals surface area (Å²) >= 11 is 12.5. The molecule has 0 saturated carbocycles. The van der Waals surface area contributed by atoms with Gasteiger partial charge >= 0.3 is 17.9 Å². The number of carbonyl (C=O) groups excluding carboxylic acids is 4. The molecule has 0 radical (unpaired) electrons. The summed E-state index contributed by atoms with van der Waals surface area (Å²) in [6.07, 6.45) is 0. The Labute approximate surface area is 179 Å². The Hall–Kier alpha value is -2.62. The molecule has 0 aliphatic heterocycles. The van der Waals surface area contributed by atoms with Crippen molar-refractivity contribution >= 4 is 63.4 Å². The Morgan fingerprint density at radius 1 is 0.966 bits per heavy atom. The van der Waals surface area contributed by atoms with Gasteiger partial charge in [0.1, 0.15) is 9.88 Å². The van der Waals surface area contributed by atoms with E-state index in [1.165, 1.54) is 39.3 Å². The Bertz CT molecular complexity index is 967. The maximum Gasteiger partial charge on any atom is 0.348 e. The standard InChI is InChI=1S/C18H15Cl2NO7S/c1-8-13(17(24)26-2)15(29-14(8)18(25)27-3)21-12(22)7-28-16(23)9-4-10(19)6-11(20)5-9/h4-6H,7H2,1-3H3,(H,21,22). The third kappa shape index (κ3) is 5.47. The van der Waals surface area contributed by atoms with Crippen LogP contribution in [-0.2, 0) is 19.0 Å². The number of hydrogen-bond donors (Lipinski definition) is 1. The SMILES string of the molecule is COC(=O)c1sc(NC(=O)COC(=O)c2cc(Cl)cc(Cl)c2)c(C(=O)OC)c1C. The molecular formula is C18H15Cl2NO7S. The lowest BCUT2D eigenvalue weighted by Gasteiger charge is -2.07. The van der Waals surface area contributed by atoms with Gasteiger partial charge in [0.05, 0.1) is 25.3 Å². The number of benzene rings is 1. The molecule has 0 bridgehead atoms. The molecule has 0 aliphatic carbocycles. The van der Waals surface area contributed by atoms with Gasteiger partial charge in [0.2, 0.25) is 0 Å². The maximum absolute atomic E-state index is 12.2. The number of amides is 1. The van der Waals surface area contributed by atoms with Crippen molar-refractivity contribution in [1.29, 1.82) is 0 Å². The van der Waals surface area contributed by atoms with Crippen LogP contribution >= 0.6 is 34.5 Å². The van der Waals surface area contributed by atoms with E-state index in [1.807, 2.05) is 0 Å². The predicted octanol–water partition coefficient (Wildman–Crippen LogP) is 3.73. The summed E-state index contributed by atoms with van der Waals surface area (Å²) in [5.74, 6) is -2.94. The van der Waals surface area contributed by atoms with Crippen molar-refractivity contribution in [3.63, 3.8) is 0 Å². The Balaban J connectivity index is 2.14. The molecule has 1 aromatic carbocycles. The first kappa shape index (κ1) is 22.7. The van der Waals surface area contributed by atoms with Gasteiger partial charge in [0, 0.05) is 10.0 Å². The molecule has 0 unspecified atom stereocenters. The third-order valence-corrected chi connectivity index (χ3v) is 5.22. The maximum atomic E-state index is 12.2. The second kappa shape index (κ2) is 9.73. The van der Waals surface area contributed by atoms with Gasteiger partial charge in [-0.05, 0) is 30.7 Å². The van der Waals surface area contributed by atoms with Gasteiger partial charge in [-0.2, -0.15) is 0 Å². The largest absolute Gasteiger partial charge is 0.465 e. The number of esters is 3. The van der Waals surface area contributed by atoms with Crippen LogP contribution in [0.4, 0.5) is 5.00 Å². The molecule has 2 aromatic rings. The van der Waals surface area contributed by atoms with Crippen LogP contribution in [0.3, 0.4) is 0 Å². The van der Waals surface area contributed by atoms with Crippen LogP contribution in [0.1, 0.15) is 36.0 Å². The summed E-state index contributed by atoms with van der Waals surface area (Å²) in [6.45, 7) is 0.877. The van der Waals surface area contributed by atoms with E-state index in [4.69, 9.17) is 32.7 Å². The molecule has 0 aliphatic rings. The minimum Gasteiger partial charge on any atom is -0.465 e. The highest BCUT2D eigenvalue weighted by Crippen LogP contribution is 2.34. The Kier molecular flexibility index (Phi) is 7.60. The van der Waals surface area contributed by atoms with E-state index in [9.17, 15) is 19.2 Å². The van der Waals surface area contributed by atoms with E-state index < -0.39 is 30.4 Å². The summed E-state index contributed by atoms with van der Waals surface area (Å²) in [5, 5.41) is 2.98. The summed E-state index contributed by atoms with van der Waals surface area (Å²) in [6, 6.07) is 4.13. The van der Waals surface area contributed by atoms with Gasteiger partial charge in [0.15, 0.2) is 6.61 Å². The highest BCUT2D eigenvalue weighted by Gasteiger charge is 2.27. The molecule has 0 atom stereocenters. The smallest absolute Gasteiger partial charge is 0.348 e. The number of rotatable bonds is 6. The van der Waals surface area contributed by atoms with Crippen molar-refractivity contribution in [2.24, 2.45) is 0 Å². The first-order chi connectivity index (χ1) is 13.7. The second-order valence-corrected chi connectivity index (χ2v) is 7.42. The molecule has 154 valence electrons. The van der Waals surface area contributed by atoms with Crippen molar-refractivity contribution in [2.45, 2.75) is 6.92 Å². The summed E-state index contributed by atoms with van der Waals surface area (Å²) in [5.41, 5.74) is 0.388. The van der Waals surface area contributed by atoms with Gasteiger partial charge < -0.3 is 19.5 Å². The van der Waals surface area contributed by atoms with E-state index in [1.54, 1.807) is 0 Å². The molecule has 1 N–H and O–H groups in total. The van der Waals surface area contributed by atoms with Gasteiger partial charge in [0.25, 0.3) is 5.91 Å². The number of halogens is 2. The molecule has 1 amide bonds. The fourth-order valence-electron chi connectivity index (χ4n) is 2.29. The lowest BCUT2D eigenvalue weighted by atomic mass is 10.1. The molecule has 29 heavy (non-hydrogen) atoms. The van der Waals surface area contributed by atoms with E-state index >= 15 is 0 Å². The molecule has 1 aromatic heterocycles. The molecule has 0 spiro atoms. The van der Waals surface area contributed by atoms with Crippen LogP contribution in [0.2, 0.25) is 10.0 Å². The first-order valence-corrected chi connectivity index (χ1v) is 9.48. The Morgan fingerprint density at radius 3 is 2.10 bits per heavy atom. The van der Waals surface area contributed by atoms with Gasteiger partial charge in [-0.25, -0.2) is 14.4 Å². The molecule has 1 heterocycles. The topological polar surface area (TPSA) is 108 Å². The van der Waals surface area contributed by atoms with Crippen LogP contribution in [0.5, 0.6) is 0 Å². The average molecular weight is 460 g/mol. The second-order valence-electron chi connectivity index (χ2n) is 5.53. The van der Waals surface area contributed by atoms with Gasteiger partial charge in [-0.15, -0.1) is 11.3 Å². The lowest BCUT2D eigenvalue weighted by Crippen LogP contribution is -2.21. The quantitative estimate of drug-likeness (QED) is 0.517. The molecule has 0 saturated heterocycles. The first-order valence-electron chi connectivity index (χ1n) is 7.91. The van der Waals surface area contributed by atoms with Crippen LogP contribution in [0, 0.1) is 6.92 Å². The summed E-state index contributed by atoms with van der Waals surface area (Å²) < 4.78 is 14.3. The number of ether oxygens (including phenoxy) is 3. The summed E-state index contributed by atoms with van der Waals surface area (Å²) in [7, 11) is 2.36. The zero-order valence-corrected chi connectivity index (χ0v) is 17.8. The molecule has 2 rings (SSSR count). The van der Waals surface area contributed by atoms with Crippen molar-refractivity contribution in [1.82, 2.24) is 0 Å². The normalized spacial score (nSPS) is 10.2. The van der Waals surface area contributed by atoms with Crippen molar-refractivity contribution in [3.8, 4) is 0 Å². The highest BCUT2D eigenvalue weighted by molar-refractivity contribution is 7.18. The molecule has 11 heteroatoms. The lowest BCUT2D eigenvalue weighted by molar-refractivity contribution is -0.119. The Morgan fingerprint density at radius 2 is 1.55 bits per heavy atom. The van der Waals surface area contributed by atoms with E-state index in [-0.39, 0.29) is 31.1 Å². The van der Waals surface area contributed by atoms with E-state index in [0.29, 0.717) is 5.56 Å². The van der Waals surface area contributed by atoms with Crippen molar-refractivity contribution < 1.29 is 33.4 Å². The average Bonchev–Trinajstić information content (AvgIpc) is 2.99. The highest BCUT2D eigenvalue weighted by atomic mass is 35.5. The molecule has 0 fully saturated rings. The van der Waals surface area contributed by atoms with E-state index in [0.717, 1.165) is 11.3 Å². The minimum absolute atomic E-state index is 0.0131. The predicted molar refractivity (Wildman–Crippen MR) is 107 cm³/mol. The minimum atomic E-state index is -0.810. The number of anilines is 1. The number of carbonyl (C=O) groups is 4. The van der Waals surface area contributed by atoms with Gasteiger partial charge in [-0.3, -0.25) is 4.79 Å². The fourth-order valence-corrected chi connectivity index (χ4v) is 3.94. The van der Waals surface area contributed by atoms with Crippen LogP contribution in [0.25, 0.3) is 0 Å². The van der Waals surface area contributed by atoms with Gasteiger partial charge in [-0.1, -0.05) is 23.2 Å². The monoisotopic (exact) mass is 459 g/mol. The third-order valence-electron chi connectivity index (χ3n) is 3.59. The number of hydrogen-bond acceptors (Lipinski definition) is 8. The van der Waals surface area contributed by atoms with Crippen LogP contribution in [-0.4, -0.2) is 44.6 Å². The zero-order chi connectivity index (χ0) is 21.7.